The van der Waals surface area contributed by atoms with Gasteiger partial charge in [-0.05, 0) is 49.8 Å². The quantitative estimate of drug-likeness (QED) is 0.660. The highest BCUT2D eigenvalue weighted by Crippen LogP contribution is 2.41. The predicted octanol–water partition coefficient (Wildman–Crippen LogP) is 3.11. The molecule has 4 rings (SSSR count). The summed E-state index contributed by atoms with van der Waals surface area (Å²) in [5, 5.41) is 10.7. The van der Waals surface area contributed by atoms with Gasteiger partial charge in [-0.15, -0.1) is 0 Å². The van der Waals surface area contributed by atoms with Gasteiger partial charge in [0.1, 0.15) is 17.4 Å². The number of aromatic hydroxyl groups is 1. The molecule has 144 valence electrons. The molecule has 1 N–H and O–H groups in total. The summed E-state index contributed by atoms with van der Waals surface area (Å²) in [7, 11) is 1.43. The maximum absolute atomic E-state index is 12.4. The van der Waals surface area contributed by atoms with Crippen LogP contribution in [-0.2, 0) is 16.1 Å². The van der Waals surface area contributed by atoms with Crippen molar-refractivity contribution in [3.63, 3.8) is 0 Å². The fourth-order valence-corrected chi connectivity index (χ4v) is 4.89. The molecule has 2 aliphatic rings. The number of carbonyl (C=O) groups is 1. The lowest BCUT2D eigenvalue weighted by molar-refractivity contribution is -0.146. The molecule has 1 saturated heterocycles. The van der Waals surface area contributed by atoms with E-state index in [0.717, 1.165) is 36.6 Å². The number of benzene rings is 1. The number of aryl methyl sites for hydroxylation is 1. The van der Waals surface area contributed by atoms with Crippen molar-refractivity contribution in [1.29, 1.82) is 0 Å². The second-order valence-corrected chi connectivity index (χ2v) is 7.74. The lowest BCUT2D eigenvalue weighted by Crippen LogP contribution is -2.42. The summed E-state index contributed by atoms with van der Waals surface area (Å²) in [6, 6.07) is 4.96. The van der Waals surface area contributed by atoms with Crippen molar-refractivity contribution in [2.24, 2.45) is 5.92 Å². The van der Waals surface area contributed by atoms with Gasteiger partial charge < -0.3 is 14.3 Å². The summed E-state index contributed by atoms with van der Waals surface area (Å²) in [6.07, 6.45) is 5.39. The zero-order chi connectivity index (χ0) is 19.1. The number of likely N-dealkylation sites (tertiary alicyclic amines) is 1. The zero-order valence-corrected chi connectivity index (χ0v) is 15.7. The highest BCUT2D eigenvalue weighted by atomic mass is 16.5. The van der Waals surface area contributed by atoms with E-state index in [2.05, 4.69) is 4.90 Å². The number of hydrogen-bond donors (Lipinski definition) is 1. The molecule has 1 aromatic heterocycles. The summed E-state index contributed by atoms with van der Waals surface area (Å²) < 4.78 is 10.4. The molecule has 6 nitrogen and oxygen atoms in total. The standard InChI is InChI=1S/C21H25NO5/c1-12-18(23)8-7-15-14(10-19(24)27-20(12)15)11-22-16-6-4-3-5-13(16)9-17(22)21(25)26-2/h7-8,10,13,16-17,23H,3-6,9,11H2,1-2H3/t13-,16-,17+/m1/s1. The number of carbonyl (C=O) groups excluding carboxylic acids is 1. The van der Waals surface area contributed by atoms with Gasteiger partial charge in [0.05, 0.1) is 7.11 Å². The Morgan fingerprint density at radius 1 is 1.33 bits per heavy atom. The van der Waals surface area contributed by atoms with E-state index in [1.54, 1.807) is 19.1 Å². The van der Waals surface area contributed by atoms with Crippen molar-refractivity contribution in [3.05, 3.63) is 39.7 Å². The van der Waals surface area contributed by atoms with E-state index < -0.39 is 5.63 Å². The minimum absolute atomic E-state index is 0.101. The van der Waals surface area contributed by atoms with Crippen molar-refractivity contribution in [1.82, 2.24) is 4.90 Å². The number of hydrogen-bond acceptors (Lipinski definition) is 6. The van der Waals surface area contributed by atoms with Gasteiger partial charge in [0.25, 0.3) is 0 Å². The predicted molar refractivity (Wildman–Crippen MR) is 101 cm³/mol. The summed E-state index contributed by atoms with van der Waals surface area (Å²) in [5.41, 5.74) is 1.34. The van der Waals surface area contributed by atoms with E-state index in [1.165, 1.54) is 19.6 Å². The highest BCUT2D eigenvalue weighted by Gasteiger charge is 2.45. The summed E-state index contributed by atoms with van der Waals surface area (Å²) in [6.45, 7) is 2.22. The number of ether oxygens (including phenoxy) is 1. The third-order valence-electron chi connectivity index (χ3n) is 6.27. The van der Waals surface area contributed by atoms with Crippen molar-refractivity contribution in [3.8, 4) is 5.75 Å². The van der Waals surface area contributed by atoms with Crippen molar-refractivity contribution < 1.29 is 19.1 Å². The largest absolute Gasteiger partial charge is 0.508 e. The minimum atomic E-state index is -0.444. The number of phenols is 1. The van der Waals surface area contributed by atoms with Crippen LogP contribution in [0.2, 0.25) is 0 Å². The van der Waals surface area contributed by atoms with Crippen LogP contribution >= 0.6 is 0 Å². The van der Waals surface area contributed by atoms with E-state index in [9.17, 15) is 14.7 Å². The van der Waals surface area contributed by atoms with Gasteiger partial charge >= 0.3 is 11.6 Å². The molecule has 0 unspecified atom stereocenters. The third kappa shape index (κ3) is 3.12. The van der Waals surface area contributed by atoms with E-state index in [4.69, 9.17) is 9.15 Å². The molecule has 1 aliphatic heterocycles. The molecule has 0 radical (unpaired) electrons. The molecule has 3 atom stereocenters. The Hall–Kier alpha value is -2.34. The van der Waals surface area contributed by atoms with E-state index in [1.807, 2.05) is 0 Å². The summed E-state index contributed by atoms with van der Waals surface area (Å²) in [4.78, 5) is 26.8. The van der Waals surface area contributed by atoms with Gasteiger partial charge in [-0.25, -0.2) is 4.79 Å². The number of phenolic OH excluding ortho intramolecular Hbond substituents is 1. The molecule has 0 bridgehead atoms. The van der Waals surface area contributed by atoms with Crippen LogP contribution in [0, 0.1) is 12.8 Å². The first kappa shape index (κ1) is 18.0. The Kier molecular flexibility index (Phi) is 4.68. The lowest BCUT2D eigenvalue weighted by atomic mass is 9.84. The lowest BCUT2D eigenvalue weighted by Gasteiger charge is -2.33. The number of esters is 1. The van der Waals surface area contributed by atoms with Gasteiger partial charge in [0, 0.05) is 29.6 Å². The topological polar surface area (TPSA) is 80.0 Å². The van der Waals surface area contributed by atoms with Crippen LogP contribution in [0.25, 0.3) is 11.0 Å². The molecule has 2 heterocycles. The summed E-state index contributed by atoms with van der Waals surface area (Å²) in [5.74, 6) is 0.397. The fraction of sp³-hybridized carbons (Fsp3) is 0.524. The smallest absolute Gasteiger partial charge is 0.336 e. The minimum Gasteiger partial charge on any atom is -0.508 e. The van der Waals surface area contributed by atoms with E-state index in [-0.39, 0.29) is 17.8 Å². The van der Waals surface area contributed by atoms with Gasteiger partial charge in [0.15, 0.2) is 0 Å². The number of fused-ring (bicyclic) bond motifs is 2. The molecule has 1 aromatic carbocycles. The molecule has 2 aromatic rings. The maximum Gasteiger partial charge on any atom is 0.336 e. The van der Waals surface area contributed by atoms with Crippen LogP contribution in [0.4, 0.5) is 0 Å². The Balaban J connectivity index is 1.76. The molecule has 2 fully saturated rings. The average Bonchev–Trinajstić information content (AvgIpc) is 3.03. The van der Waals surface area contributed by atoms with Crippen molar-refractivity contribution in [2.45, 2.75) is 57.7 Å². The fourth-order valence-electron chi connectivity index (χ4n) is 4.89. The molecule has 1 saturated carbocycles. The van der Waals surface area contributed by atoms with Gasteiger partial charge in [-0.3, -0.25) is 9.69 Å². The number of nitrogens with zero attached hydrogens (tertiary/aromatic N) is 1. The molecule has 6 heteroatoms. The first-order chi connectivity index (χ1) is 13.0. The summed E-state index contributed by atoms with van der Waals surface area (Å²) >= 11 is 0. The molecular weight excluding hydrogens is 346 g/mol. The van der Waals surface area contributed by atoms with Crippen LogP contribution in [0.1, 0.15) is 43.2 Å². The average molecular weight is 371 g/mol. The van der Waals surface area contributed by atoms with Crippen LogP contribution in [0.3, 0.4) is 0 Å². The molecule has 1 aliphatic carbocycles. The van der Waals surface area contributed by atoms with Crippen LogP contribution in [0.15, 0.2) is 27.4 Å². The van der Waals surface area contributed by atoms with E-state index in [0.29, 0.717) is 29.7 Å². The van der Waals surface area contributed by atoms with Gasteiger partial charge in [-0.1, -0.05) is 12.8 Å². The van der Waals surface area contributed by atoms with Crippen LogP contribution < -0.4 is 5.63 Å². The zero-order valence-electron chi connectivity index (χ0n) is 15.7. The maximum atomic E-state index is 12.4. The van der Waals surface area contributed by atoms with Crippen LogP contribution in [0.5, 0.6) is 5.75 Å². The first-order valence-electron chi connectivity index (χ1n) is 9.58. The molecular formula is C21H25NO5. The van der Waals surface area contributed by atoms with Crippen molar-refractivity contribution >= 4 is 16.9 Å². The Bertz CT molecular complexity index is 934. The Labute approximate surface area is 157 Å². The SMILES string of the molecule is COC(=O)[C@@H]1C[C@H]2CCCC[C@H]2N1Cc1cc(=O)oc2c(C)c(O)ccc12. The van der Waals surface area contributed by atoms with Gasteiger partial charge in [-0.2, -0.15) is 0 Å². The number of methoxy groups -OCH3 is 1. The molecule has 0 amide bonds. The third-order valence-corrected chi connectivity index (χ3v) is 6.27. The Morgan fingerprint density at radius 2 is 2.11 bits per heavy atom. The van der Waals surface area contributed by atoms with Gasteiger partial charge in [0.2, 0.25) is 0 Å². The second-order valence-electron chi connectivity index (χ2n) is 7.74. The Morgan fingerprint density at radius 3 is 2.89 bits per heavy atom. The molecule has 0 spiro atoms. The van der Waals surface area contributed by atoms with Crippen LogP contribution in [-0.4, -0.2) is 35.2 Å². The van der Waals surface area contributed by atoms with E-state index >= 15 is 0 Å². The first-order valence-corrected chi connectivity index (χ1v) is 9.58. The highest BCUT2D eigenvalue weighted by molar-refractivity contribution is 5.85. The monoisotopic (exact) mass is 371 g/mol. The number of rotatable bonds is 3. The van der Waals surface area contributed by atoms with Crippen molar-refractivity contribution in [2.75, 3.05) is 7.11 Å². The normalized spacial score (nSPS) is 25.5. The molecule has 27 heavy (non-hydrogen) atoms. The second kappa shape index (κ2) is 7.00.